The predicted octanol–water partition coefficient (Wildman–Crippen LogP) is 5.21. The summed E-state index contributed by atoms with van der Waals surface area (Å²) in [7, 11) is 0. The van der Waals surface area contributed by atoms with Gasteiger partial charge in [0.05, 0.1) is 16.8 Å². The third kappa shape index (κ3) is 4.61. The van der Waals surface area contributed by atoms with Crippen LogP contribution in [0.25, 0.3) is 22.6 Å². The number of aromatic nitrogens is 4. The lowest BCUT2D eigenvalue weighted by Crippen LogP contribution is -2.32. The zero-order chi connectivity index (χ0) is 22.8. The highest BCUT2D eigenvalue weighted by Crippen LogP contribution is 2.33. The molecule has 1 saturated heterocycles. The second-order valence-corrected chi connectivity index (χ2v) is 8.85. The average Bonchev–Trinajstić information content (AvgIpc) is 3.16. The number of fused-ring (bicyclic) bond motifs is 1. The van der Waals surface area contributed by atoms with Crippen LogP contribution in [0.2, 0.25) is 5.02 Å². The first-order chi connectivity index (χ1) is 16.1. The van der Waals surface area contributed by atoms with Gasteiger partial charge in [-0.05, 0) is 62.0 Å². The molecule has 0 spiro atoms. The Morgan fingerprint density at radius 3 is 2.67 bits per heavy atom. The maximum atomic E-state index is 14.8. The van der Waals surface area contributed by atoms with Crippen LogP contribution in [0, 0.1) is 17.6 Å². The van der Waals surface area contributed by atoms with Crippen LogP contribution in [-0.4, -0.2) is 32.6 Å². The van der Waals surface area contributed by atoms with Gasteiger partial charge in [-0.25, -0.2) is 23.7 Å². The molecule has 5 rings (SSSR count). The largest absolute Gasteiger partial charge is 0.316 e. The summed E-state index contributed by atoms with van der Waals surface area (Å²) >= 11 is 6.39. The maximum absolute atomic E-state index is 14.8. The number of nitrogens with zero attached hydrogens (tertiary/aromatic N) is 4. The van der Waals surface area contributed by atoms with E-state index >= 15 is 0 Å². The maximum Gasteiger partial charge on any atom is 0.164 e. The van der Waals surface area contributed by atoms with Gasteiger partial charge in [0.25, 0.3) is 0 Å². The van der Waals surface area contributed by atoms with Gasteiger partial charge < -0.3 is 9.88 Å². The van der Waals surface area contributed by atoms with E-state index in [1.807, 2.05) is 10.6 Å². The van der Waals surface area contributed by atoms with Crippen molar-refractivity contribution in [2.24, 2.45) is 5.92 Å². The Bertz CT molecular complexity index is 1260. The van der Waals surface area contributed by atoms with Gasteiger partial charge in [-0.3, -0.25) is 0 Å². The van der Waals surface area contributed by atoms with Gasteiger partial charge >= 0.3 is 0 Å². The third-order valence-corrected chi connectivity index (χ3v) is 6.45. The Hall–Kier alpha value is -2.90. The molecule has 1 unspecified atom stereocenters. The Kier molecular flexibility index (Phi) is 6.33. The molecule has 170 valence electrons. The van der Waals surface area contributed by atoms with Crippen molar-refractivity contribution in [1.29, 1.82) is 0 Å². The van der Waals surface area contributed by atoms with Crippen molar-refractivity contribution in [2.75, 3.05) is 13.1 Å². The fourth-order valence-corrected chi connectivity index (χ4v) is 4.68. The molecule has 8 heteroatoms. The first-order valence-corrected chi connectivity index (χ1v) is 11.6. The summed E-state index contributed by atoms with van der Waals surface area (Å²) in [6.07, 6.45) is 4.80. The molecule has 0 radical (unpaired) electrons. The Morgan fingerprint density at radius 1 is 1.03 bits per heavy atom. The molecule has 1 atom stereocenters. The van der Waals surface area contributed by atoms with Crippen LogP contribution in [0.4, 0.5) is 8.78 Å². The van der Waals surface area contributed by atoms with Crippen LogP contribution in [0.3, 0.4) is 0 Å². The molecular weight excluding hydrogens is 444 g/mol. The lowest BCUT2D eigenvalue weighted by molar-refractivity contribution is 0.340. The first kappa shape index (κ1) is 21.9. The van der Waals surface area contributed by atoms with Crippen molar-refractivity contribution in [2.45, 2.75) is 32.2 Å². The summed E-state index contributed by atoms with van der Waals surface area (Å²) in [5.74, 6) is 0.773. The number of rotatable bonds is 6. The van der Waals surface area contributed by atoms with Crippen molar-refractivity contribution in [1.82, 2.24) is 24.8 Å². The Morgan fingerprint density at radius 2 is 1.88 bits per heavy atom. The smallest absolute Gasteiger partial charge is 0.164 e. The van der Waals surface area contributed by atoms with E-state index in [0.717, 1.165) is 25.9 Å². The van der Waals surface area contributed by atoms with Crippen molar-refractivity contribution in [3.05, 3.63) is 76.7 Å². The molecule has 1 fully saturated rings. The lowest BCUT2D eigenvalue weighted by atomic mass is 9.99. The second kappa shape index (κ2) is 9.53. The van der Waals surface area contributed by atoms with Crippen LogP contribution >= 0.6 is 11.6 Å². The highest BCUT2D eigenvalue weighted by molar-refractivity contribution is 6.33. The van der Waals surface area contributed by atoms with Crippen LogP contribution in [0.5, 0.6) is 0 Å². The molecule has 4 aromatic rings. The highest BCUT2D eigenvalue weighted by atomic mass is 35.5. The normalized spacial score (nSPS) is 16.4. The molecule has 3 heterocycles. The number of halogens is 3. The van der Waals surface area contributed by atoms with Crippen molar-refractivity contribution in [3.8, 4) is 11.4 Å². The fraction of sp³-hybridized carbons (Fsp3) is 0.320. The fourth-order valence-electron chi connectivity index (χ4n) is 4.44. The molecule has 2 aromatic carbocycles. The number of hydrogen-bond acceptors (Lipinski definition) is 4. The molecule has 0 amide bonds. The Labute approximate surface area is 195 Å². The van der Waals surface area contributed by atoms with Gasteiger partial charge in [0.1, 0.15) is 28.8 Å². The summed E-state index contributed by atoms with van der Waals surface area (Å²) in [4.78, 5) is 13.9. The van der Waals surface area contributed by atoms with Crippen LogP contribution < -0.4 is 5.32 Å². The SMILES string of the molecule is Fc1ccccc1CCc1ncc2nc(-c3c(F)cccc3Cl)n(CC3CCCNC3)c2n1. The molecule has 1 aliphatic rings. The monoisotopic (exact) mass is 467 g/mol. The molecule has 1 aliphatic heterocycles. The molecular formula is C25H24ClF2N5. The Balaban J connectivity index is 1.55. The van der Waals surface area contributed by atoms with E-state index in [1.54, 1.807) is 30.5 Å². The molecule has 33 heavy (non-hydrogen) atoms. The quantitative estimate of drug-likeness (QED) is 0.423. The van der Waals surface area contributed by atoms with E-state index in [2.05, 4.69) is 15.3 Å². The van der Waals surface area contributed by atoms with Crippen LogP contribution in [0.1, 0.15) is 24.2 Å². The van der Waals surface area contributed by atoms with E-state index in [1.165, 1.54) is 12.1 Å². The molecule has 5 nitrogen and oxygen atoms in total. The zero-order valence-corrected chi connectivity index (χ0v) is 18.8. The van der Waals surface area contributed by atoms with E-state index in [9.17, 15) is 8.78 Å². The van der Waals surface area contributed by atoms with E-state index in [0.29, 0.717) is 58.7 Å². The standard InChI is InChI=1S/C25H24ClF2N5/c26-18-7-3-9-20(28)23(18)25-31-21-14-30-22(11-10-17-6-1-2-8-19(17)27)32-24(21)33(25)15-16-5-4-12-29-13-16/h1-3,6-9,14,16,29H,4-5,10-13,15H2. The van der Waals surface area contributed by atoms with Gasteiger partial charge in [0, 0.05) is 13.0 Å². The number of benzene rings is 2. The van der Waals surface area contributed by atoms with Crippen LogP contribution in [0.15, 0.2) is 48.7 Å². The van der Waals surface area contributed by atoms with Gasteiger partial charge in [0.2, 0.25) is 0 Å². The summed E-state index contributed by atoms with van der Waals surface area (Å²) < 4.78 is 30.8. The summed E-state index contributed by atoms with van der Waals surface area (Å²) in [5.41, 5.74) is 2.13. The number of piperidine rings is 1. The molecule has 1 N–H and O–H groups in total. The van der Waals surface area contributed by atoms with Crippen LogP contribution in [-0.2, 0) is 19.4 Å². The van der Waals surface area contributed by atoms with Crippen molar-refractivity contribution < 1.29 is 8.78 Å². The van der Waals surface area contributed by atoms with Gasteiger partial charge in [-0.15, -0.1) is 0 Å². The molecule has 0 bridgehead atoms. The van der Waals surface area contributed by atoms with Crippen molar-refractivity contribution >= 4 is 22.8 Å². The first-order valence-electron chi connectivity index (χ1n) is 11.2. The second-order valence-electron chi connectivity index (χ2n) is 8.44. The van der Waals surface area contributed by atoms with Gasteiger partial charge in [-0.1, -0.05) is 35.9 Å². The number of aryl methyl sites for hydroxylation is 2. The summed E-state index contributed by atoms with van der Waals surface area (Å²) in [6, 6.07) is 11.4. The predicted molar refractivity (Wildman–Crippen MR) is 125 cm³/mol. The van der Waals surface area contributed by atoms with E-state index < -0.39 is 5.82 Å². The average molecular weight is 468 g/mol. The number of hydrogen-bond donors (Lipinski definition) is 1. The third-order valence-electron chi connectivity index (χ3n) is 6.14. The topological polar surface area (TPSA) is 55.6 Å². The van der Waals surface area contributed by atoms with E-state index in [-0.39, 0.29) is 11.4 Å². The highest BCUT2D eigenvalue weighted by Gasteiger charge is 2.23. The van der Waals surface area contributed by atoms with Gasteiger partial charge in [-0.2, -0.15) is 0 Å². The summed E-state index contributed by atoms with van der Waals surface area (Å²) in [5, 5.41) is 3.74. The number of nitrogens with one attached hydrogen (secondary N) is 1. The summed E-state index contributed by atoms with van der Waals surface area (Å²) in [6.45, 7) is 2.54. The lowest BCUT2D eigenvalue weighted by Gasteiger charge is -2.24. The minimum absolute atomic E-state index is 0.232. The number of imidazole rings is 1. The minimum atomic E-state index is -0.423. The molecule has 2 aromatic heterocycles. The molecule has 0 aliphatic carbocycles. The molecule has 0 saturated carbocycles. The minimum Gasteiger partial charge on any atom is -0.316 e. The zero-order valence-electron chi connectivity index (χ0n) is 18.1. The van der Waals surface area contributed by atoms with Crippen molar-refractivity contribution in [3.63, 3.8) is 0 Å². The van der Waals surface area contributed by atoms with Gasteiger partial charge in [0.15, 0.2) is 5.65 Å². The van der Waals surface area contributed by atoms with E-state index in [4.69, 9.17) is 16.6 Å².